The summed E-state index contributed by atoms with van der Waals surface area (Å²) in [6.07, 6.45) is -4.52. The largest absolute Gasteiger partial charge is 0.406 e. The van der Waals surface area contributed by atoms with Gasteiger partial charge in [0.1, 0.15) is 18.1 Å². The van der Waals surface area contributed by atoms with Crippen LogP contribution in [0.3, 0.4) is 0 Å². The van der Waals surface area contributed by atoms with Gasteiger partial charge in [0.05, 0.1) is 0 Å². The van der Waals surface area contributed by atoms with Crippen molar-refractivity contribution in [2.75, 3.05) is 6.54 Å². The number of piperazine rings is 1. The highest BCUT2D eigenvalue weighted by Gasteiger charge is 2.50. The topological polar surface area (TPSA) is 49.4 Å². The van der Waals surface area contributed by atoms with E-state index in [9.17, 15) is 22.8 Å². The van der Waals surface area contributed by atoms with E-state index in [1.54, 1.807) is 13.8 Å². The van der Waals surface area contributed by atoms with Crippen molar-refractivity contribution < 1.29 is 22.8 Å². The predicted octanol–water partition coefficient (Wildman–Crippen LogP) is 1.31. The minimum atomic E-state index is -4.52. The van der Waals surface area contributed by atoms with Gasteiger partial charge in [-0.3, -0.25) is 9.59 Å². The number of halogens is 3. The molecular formula is C11H17F3N2O2. The van der Waals surface area contributed by atoms with E-state index in [4.69, 9.17) is 0 Å². The molecule has 0 aliphatic carbocycles. The number of rotatable bonds is 2. The second-order valence-corrected chi connectivity index (χ2v) is 5.29. The Bertz CT molecular complexity index is 364. The lowest BCUT2D eigenvalue weighted by molar-refractivity contribution is -0.181. The SMILES string of the molecule is CC(C)C1NC(=O)C(C)(C)N(CC(F)(F)F)C1=O. The van der Waals surface area contributed by atoms with Crippen molar-refractivity contribution in [3.8, 4) is 0 Å². The van der Waals surface area contributed by atoms with Crippen molar-refractivity contribution in [3.05, 3.63) is 0 Å². The van der Waals surface area contributed by atoms with Gasteiger partial charge in [0, 0.05) is 0 Å². The van der Waals surface area contributed by atoms with Gasteiger partial charge in [-0.05, 0) is 19.8 Å². The Morgan fingerprint density at radius 1 is 1.33 bits per heavy atom. The van der Waals surface area contributed by atoms with E-state index in [0.717, 1.165) is 0 Å². The lowest BCUT2D eigenvalue weighted by Crippen LogP contribution is -2.70. The van der Waals surface area contributed by atoms with Crippen LogP contribution in [-0.2, 0) is 9.59 Å². The summed E-state index contributed by atoms with van der Waals surface area (Å²) in [5, 5.41) is 2.47. The molecule has 0 bridgehead atoms. The molecule has 1 atom stereocenters. The molecule has 0 spiro atoms. The number of nitrogens with zero attached hydrogens (tertiary/aromatic N) is 1. The quantitative estimate of drug-likeness (QED) is 0.819. The zero-order chi connectivity index (χ0) is 14.3. The van der Waals surface area contributed by atoms with Crippen LogP contribution in [0.25, 0.3) is 0 Å². The van der Waals surface area contributed by atoms with Crippen LogP contribution >= 0.6 is 0 Å². The molecule has 1 rings (SSSR count). The van der Waals surface area contributed by atoms with Gasteiger partial charge in [-0.25, -0.2) is 0 Å². The summed E-state index contributed by atoms with van der Waals surface area (Å²) < 4.78 is 37.5. The van der Waals surface area contributed by atoms with Crippen LogP contribution in [0, 0.1) is 5.92 Å². The van der Waals surface area contributed by atoms with E-state index in [2.05, 4.69) is 5.32 Å². The molecule has 0 saturated carbocycles. The standard InChI is InChI=1S/C11H17F3N2O2/c1-6(2)7-8(17)16(5-11(12,13)14)10(3,4)9(18)15-7/h6-7H,5H2,1-4H3,(H,15,18). The van der Waals surface area contributed by atoms with Gasteiger partial charge < -0.3 is 10.2 Å². The minimum Gasteiger partial charge on any atom is -0.342 e. The molecule has 0 aromatic carbocycles. The number of amides is 2. The monoisotopic (exact) mass is 266 g/mol. The summed E-state index contributed by atoms with van der Waals surface area (Å²) in [5.74, 6) is -1.51. The third-order valence-electron chi connectivity index (χ3n) is 3.05. The fraction of sp³-hybridized carbons (Fsp3) is 0.818. The van der Waals surface area contributed by atoms with Crippen LogP contribution < -0.4 is 5.32 Å². The second-order valence-electron chi connectivity index (χ2n) is 5.29. The molecule has 18 heavy (non-hydrogen) atoms. The van der Waals surface area contributed by atoms with Crippen molar-refractivity contribution >= 4 is 11.8 Å². The van der Waals surface area contributed by atoms with Crippen molar-refractivity contribution in [3.63, 3.8) is 0 Å². The van der Waals surface area contributed by atoms with Crippen LogP contribution in [0.5, 0.6) is 0 Å². The molecule has 1 fully saturated rings. The first-order chi connectivity index (χ1) is 7.97. The fourth-order valence-corrected chi connectivity index (χ4v) is 1.85. The van der Waals surface area contributed by atoms with Crippen molar-refractivity contribution in [2.45, 2.75) is 45.5 Å². The van der Waals surface area contributed by atoms with Crippen molar-refractivity contribution in [1.29, 1.82) is 0 Å². The average molecular weight is 266 g/mol. The molecule has 1 aliphatic rings. The lowest BCUT2D eigenvalue weighted by Gasteiger charge is -2.45. The molecular weight excluding hydrogens is 249 g/mol. The van der Waals surface area contributed by atoms with Gasteiger partial charge in [0.25, 0.3) is 0 Å². The summed E-state index contributed by atoms with van der Waals surface area (Å²) in [6, 6.07) is -0.895. The van der Waals surface area contributed by atoms with Gasteiger partial charge in [0.2, 0.25) is 11.8 Å². The minimum absolute atomic E-state index is 0.256. The van der Waals surface area contributed by atoms with Crippen molar-refractivity contribution in [1.82, 2.24) is 10.2 Å². The number of carbonyl (C=O) groups is 2. The molecule has 1 saturated heterocycles. The molecule has 4 nitrogen and oxygen atoms in total. The predicted molar refractivity (Wildman–Crippen MR) is 58.6 cm³/mol. The van der Waals surface area contributed by atoms with E-state index in [1.807, 2.05) is 0 Å². The number of carbonyl (C=O) groups excluding carboxylic acids is 2. The molecule has 1 unspecified atom stereocenters. The van der Waals surface area contributed by atoms with E-state index >= 15 is 0 Å². The highest BCUT2D eigenvalue weighted by atomic mass is 19.4. The van der Waals surface area contributed by atoms with E-state index in [1.165, 1.54) is 13.8 Å². The number of hydrogen-bond donors (Lipinski definition) is 1. The average Bonchev–Trinajstić information content (AvgIpc) is 2.17. The number of alkyl halides is 3. The zero-order valence-electron chi connectivity index (χ0n) is 10.8. The zero-order valence-corrected chi connectivity index (χ0v) is 10.8. The first kappa shape index (κ1) is 14.8. The summed E-state index contributed by atoms with van der Waals surface area (Å²) in [4.78, 5) is 24.4. The number of hydrogen-bond acceptors (Lipinski definition) is 2. The lowest BCUT2D eigenvalue weighted by atomic mass is 9.91. The molecule has 1 aliphatic heterocycles. The third-order valence-corrected chi connectivity index (χ3v) is 3.05. The summed E-state index contributed by atoms with van der Waals surface area (Å²) in [5.41, 5.74) is -1.49. The highest BCUT2D eigenvalue weighted by molar-refractivity contribution is 5.99. The highest BCUT2D eigenvalue weighted by Crippen LogP contribution is 2.28. The molecule has 1 heterocycles. The van der Waals surface area contributed by atoms with Gasteiger partial charge in [0.15, 0.2) is 0 Å². The Morgan fingerprint density at radius 3 is 2.22 bits per heavy atom. The Balaban J connectivity index is 3.07. The van der Waals surface area contributed by atoms with E-state index in [0.29, 0.717) is 4.90 Å². The molecule has 1 N–H and O–H groups in total. The summed E-state index contributed by atoms with van der Waals surface area (Å²) >= 11 is 0. The van der Waals surface area contributed by atoms with Crippen LogP contribution in [-0.4, -0.2) is 41.0 Å². The molecule has 7 heteroatoms. The summed E-state index contributed by atoms with van der Waals surface area (Å²) in [7, 11) is 0. The second kappa shape index (κ2) is 4.44. The molecule has 0 aromatic rings. The maximum Gasteiger partial charge on any atom is 0.406 e. The van der Waals surface area contributed by atoms with Crippen LogP contribution in [0.1, 0.15) is 27.7 Å². The third kappa shape index (κ3) is 2.76. The van der Waals surface area contributed by atoms with Gasteiger partial charge in [-0.2, -0.15) is 13.2 Å². The Hall–Kier alpha value is -1.27. The normalized spacial score (nSPS) is 24.4. The smallest absolute Gasteiger partial charge is 0.342 e. The Morgan fingerprint density at radius 2 is 1.83 bits per heavy atom. The van der Waals surface area contributed by atoms with Crippen LogP contribution in [0.2, 0.25) is 0 Å². The first-order valence-electron chi connectivity index (χ1n) is 5.66. The van der Waals surface area contributed by atoms with Gasteiger partial charge in [-0.1, -0.05) is 13.8 Å². The van der Waals surface area contributed by atoms with Gasteiger partial charge >= 0.3 is 6.18 Å². The fourth-order valence-electron chi connectivity index (χ4n) is 1.85. The molecule has 0 aromatic heterocycles. The maximum atomic E-state index is 12.5. The van der Waals surface area contributed by atoms with E-state index in [-0.39, 0.29) is 5.92 Å². The summed E-state index contributed by atoms with van der Waals surface area (Å²) in [6.45, 7) is 4.56. The Kier molecular flexibility index (Phi) is 3.65. The first-order valence-corrected chi connectivity index (χ1v) is 5.66. The van der Waals surface area contributed by atoms with E-state index < -0.39 is 36.1 Å². The molecule has 104 valence electrons. The van der Waals surface area contributed by atoms with Crippen molar-refractivity contribution in [2.24, 2.45) is 5.92 Å². The van der Waals surface area contributed by atoms with Crippen LogP contribution in [0.4, 0.5) is 13.2 Å². The molecule has 2 amide bonds. The van der Waals surface area contributed by atoms with Gasteiger partial charge in [-0.15, -0.1) is 0 Å². The van der Waals surface area contributed by atoms with Crippen LogP contribution in [0.15, 0.2) is 0 Å². The molecule has 0 radical (unpaired) electrons. The number of nitrogens with one attached hydrogen (secondary N) is 1. The maximum absolute atomic E-state index is 12.5. The Labute approximate surface area is 104 Å².